The van der Waals surface area contributed by atoms with E-state index in [1.165, 1.54) is 0 Å². The molecule has 0 aromatic heterocycles. The maximum absolute atomic E-state index is 13.4. The van der Waals surface area contributed by atoms with E-state index in [9.17, 15) is 15.0 Å². The molecule has 3 aliphatic rings. The second-order valence-corrected chi connectivity index (χ2v) is 9.13. The van der Waals surface area contributed by atoms with Crippen molar-refractivity contribution in [3.8, 4) is 11.5 Å². The smallest absolute Gasteiger partial charge is 0.165 e. The first-order valence-corrected chi connectivity index (χ1v) is 10.7. The summed E-state index contributed by atoms with van der Waals surface area (Å²) in [5.74, 6) is 1.52. The van der Waals surface area contributed by atoms with Crippen molar-refractivity contribution in [3.05, 3.63) is 70.8 Å². The van der Waals surface area contributed by atoms with Gasteiger partial charge in [0.05, 0.1) is 20.3 Å². The SMILES string of the molecule is COc1ccc(C(O)CC2=C(C(O)c3ccc(OC)cc3)C(=O)C3CC2C3(C)C)cc1. The average Bonchev–Trinajstić information content (AvgIpc) is 2.78. The molecule has 2 bridgehead atoms. The van der Waals surface area contributed by atoms with Gasteiger partial charge in [0.15, 0.2) is 5.78 Å². The Morgan fingerprint density at radius 2 is 1.42 bits per heavy atom. The highest BCUT2D eigenvalue weighted by Gasteiger charge is 2.58. The zero-order valence-corrected chi connectivity index (χ0v) is 18.5. The van der Waals surface area contributed by atoms with Gasteiger partial charge in [-0.15, -0.1) is 0 Å². The molecule has 2 aromatic carbocycles. The Labute approximate surface area is 183 Å². The number of ketones is 1. The molecule has 1 saturated carbocycles. The number of rotatable bonds is 7. The highest BCUT2D eigenvalue weighted by molar-refractivity contribution is 6.02. The minimum atomic E-state index is -1.02. The lowest BCUT2D eigenvalue weighted by Crippen LogP contribution is -2.55. The Morgan fingerprint density at radius 1 is 0.903 bits per heavy atom. The van der Waals surface area contributed by atoms with E-state index in [4.69, 9.17) is 9.47 Å². The molecule has 0 spiro atoms. The Bertz CT molecular complexity index is 987. The van der Waals surface area contributed by atoms with Crippen LogP contribution in [-0.4, -0.2) is 30.2 Å². The highest BCUT2D eigenvalue weighted by atomic mass is 16.5. The fraction of sp³-hybridized carbons (Fsp3) is 0.423. The van der Waals surface area contributed by atoms with Gasteiger partial charge in [0.25, 0.3) is 0 Å². The molecule has 0 aliphatic heterocycles. The number of carbonyl (C=O) groups is 1. The summed E-state index contributed by atoms with van der Waals surface area (Å²) in [4.78, 5) is 13.4. The zero-order chi connectivity index (χ0) is 22.3. The van der Waals surface area contributed by atoms with Gasteiger partial charge in [-0.3, -0.25) is 4.79 Å². The van der Waals surface area contributed by atoms with Crippen LogP contribution in [0.1, 0.15) is 50.0 Å². The van der Waals surface area contributed by atoms with Crippen LogP contribution in [0.4, 0.5) is 0 Å². The third kappa shape index (κ3) is 3.66. The first kappa shape index (κ1) is 21.6. The minimum absolute atomic E-state index is 0.00717. The third-order valence-electron chi connectivity index (χ3n) is 7.23. The maximum atomic E-state index is 13.4. The van der Waals surface area contributed by atoms with E-state index < -0.39 is 12.2 Å². The molecule has 0 heterocycles. The van der Waals surface area contributed by atoms with Crippen molar-refractivity contribution in [2.45, 2.75) is 38.9 Å². The topological polar surface area (TPSA) is 76.0 Å². The summed E-state index contributed by atoms with van der Waals surface area (Å²) in [5.41, 5.74) is 2.59. The average molecular weight is 423 g/mol. The van der Waals surface area contributed by atoms with E-state index in [2.05, 4.69) is 13.8 Å². The van der Waals surface area contributed by atoms with E-state index in [0.717, 1.165) is 23.3 Å². The summed E-state index contributed by atoms with van der Waals surface area (Å²) in [6, 6.07) is 14.4. The number of methoxy groups -OCH3 is 2. The van der Waals surface area contributed by atoms with Gasteiger partial charge in [-0.05, 0) is 59.6 Å². The first-order chi connectivity index (χ1) is 14.8. The molecule has 5 rings (SSSR count). The fourth-order valence-corrected chi connectivity index (χ4v) is 5.16. The predicted octanol–water partition coefficient (Wildman–Crippen LogP) is 4.40. The second-order valence-electron chi connectivity index (χ2n) is 9.13. The molecule has 5 heteroatoms. The molecule has 1 fully saturated rings. The summed E-state index contributed by atoms with van der Waals surface area (Å²) < 4.78 is 10.4. The fourth-order valence-electron chi connectivity index (χ4n) is 5.16. The van der Waals surface area contributed by atoms with Crippen molar-refractivity contribution in [1.82, 2.24) is 0 Å². The van der Waals surface area contributed by atoms with Crippen molar-refractivity contribution >= 4 is 5.78 Å². The summed E-state index contributed by atoms with van der Waals surface area (Å²) in [6.45, 7) is 4.22. The Balaban J connectivity index is 1.70. The van der Waals surface area contributed by atoms with Gasteiger partial charge in [0.2, 0.25) is 0 Å². The van der Waals surface area contributed by atoms with Crippen molar-refractivity contribution < 1.29 is 24.5 Å². The number of hydrogen-bond donors (Lipinski definition) is 2. The molecule has 3 aliphatic carbocycles. The molecular formula is C26H30O5. The normalized spacial score (nSPS) is 23.7. The lowest BCUT2D eigenvalue weighted by molar-refractivity contribution is -0.137. The molecule has 0 amide bonds. The number of aliphatic hydroxyl groups is 2. The predicted molar refractivity (Wildman–Crippen MR) is 118 cm³/mol. The van der Waals surface area contributed by atoms with Crippen molar-refractivity contribution in [1.29, 1.82) is 0 Å². The van der Waals surface area contributed by atoms with Gasteiger partial charge in [0.1, 0.15) is 17.6 Å². The summed E-state index contributed by atoms with van der Waals surface area (Å²) in [6.07, 6.45) is -0.672. The second kappa shape index (κ2) is 8.13. The number of carbonyl (C=O) groups excluding carboxylic acids is 1. The number of ether oxygens (including phenoxy) is 2. The molecule has 0 saturated heterocycles. The summed E-state index contributed by atoms with van der Waals surface area (Å²) in [7, 11) is 3.19. The first-order valence-electron chi connectivity index (χ1n) is 10.7. The molecule has 4 atom stereocenters. The Kier molecular flexibility index (Phi) is 5.67. The van der Waals surface area contributed by atoms with Crippen LogP contribution >= 0.6 is 0 Å². The van der Waals surface area contributed by atoms with Gasteiger partial charge in [-0.25, -0.2) is 0 Å². The van der Waals surface area contributed by atoms with Crippen LogP contribution < -0.4 is 9.47 Å². The molecule has 0 radical (unpaired) electrons. The monoisotopic (exact) mass is 422 g/mol. The molecular weight excluding hydrogens is 392 g/mol. The molecule has 164 valence electrons. The number of Topliss-reactive ketones (excluding diaryl/α,β-unsaturated/α-hetero) is 1. The van der Waals surface area contributed by atoms with Crippen LogP contribution in [0.15, 0.2) is 59.7 Å². The van der Waals surface area contributed by atoms with E-state index in [1.54, 1.807) is 38.5 Å². The van der Waals surface area contributed by atoms with Crippen molar-refractivity contribution in [2.75, 3.05) is 14.2 Å². The van der Waals surface area contributed by atoms with Crippen molar-refractivity contribution in [3.63, 3.8) is 0 Å². The van der Waals surface area contributed by atoms with E-state index in [0.29, 0.717) is 23.3 Å². The molecule has 4 unspecified atom stereocenters. The van der Waals surface area contributed by atoms with E-state index in [1.807, 2.05) is 24.3 Å². The van der Waals surface area contributed by atoms with Crippen LogP contribution in [0, 0.1) is 17.3 Å². The van der Waals surface area contributed by atoms with Gasteiger partial charge in [-0.1, -0.05) is 43.7 Å². The molecule has 2 aromatic rings. The third-order valence-corrected chi connectivity index (χ3v) is 7.23. The summed E-state index contributed by atoms with van der Waals surface area (Å²) >= 11 is 0. The molecule has 5 nitrogen and oxygen atoms in total. The lowest BCUT2D eigenvalue weighted by Gasteiger charge is -2.57. The lowest BCUT2D eigenvalue weighted by atomic mass is 9.46. The van der Waals surface area contributed by atoms with Gasteiger partial charge in [0, 0.05) is 11.5 Å². The van der Waals surface area contributed by atoms with Gasteiger partial charge < -0.3 is 19.7 Å². The number of aliphatic hydroxyl groups excluding tert-OH is 2. The summed E-state index contributed by atoms with van der Waals surface area (Å²) in [5, 5.41) is 22.2. The standard InChI is InChI=1S/C26H30O5/c1-26(2)20-14-21(26)25(29)23(24(28)16-7-11-18(31-4)12-8-16)19(20)13-22(27)15-5-9-17(30-3)10-6-15/h5-12,20-22,24,27-28H,13-14H2,1-4H3. The van der Waals surface area contributed by atoms with Gasteiger partial charge >= 0.3 is 0 Å². The number of hydrogen-bond acceptors (Lipinski definition) is 5. The Hall–Kier alpha value is -2.63. The van der Waals surface area contributed by atoms with Crippen LogP contribution in [-0.2, 0) is 4.79 Å². The van der Waals surface area contributed by atoms with Crippen LogP contribution in [0.25, 0.3) is 0 Å². The molecule has 2 N–H and O–H groups in total. The maximum Gasteiger partial charge on any atom is 0.165 e. The largest absolute Gasteiger partial charge is 0.497 e. The van der Waals surface area contributed by atoms with Crippen molar-refractivity contribution in [2.24, 2.45) is 17.3 Å². The zero-order valence-electron chi connectivity index (χ0n) is 18.5. The van der Waals surface area contributed by atoms with Crippen LogP contribution in [0.3, 0.4) is 0 Å². The Morgan fingerprint density at radius 3 is 1.90 bits per heavy atom. The minimum Gasteiger partial charge on any atom is -0.497 e. The molecule has 31 heavy (non-hydrogen) atoms. The number of fused-ring (bicyclic) bond motifs is 1. The quantitative estimate of drug-likeness (QED) is 0.692. The van der Waals surface area contributed by atoms with Gasteiger partial charge in [-0.2, -0.15) is 0 Å². The highest BCUT2D eigenvalue weighted by Crippen LogP contribution is 2.62. The number of benzene rings is 2. The van der Waals surface area contributed by atoms with Crippen LogP contribution in [0.5, 0.6) is 11.5 Å². The van der Waals surface area contributed by atoms with E-state index in [-0.39, 0.29) is 23.0 Å². The van der Waals surface area contributed by atoms with Crippen LogP contribution in [0.2, 0.25) is 0 Å². The van der Waals surface area contributed by atoms with E-state index >= 15 is 0 Å².